The number of imide groups is 1. The molecule has 0 spiro atoms. The molecular weight excluding hydrogens is 270 g/mol. The SMILES string of the molecule is CC(C)(C)OC(=O)C(C(=O)O)N(C(=O)CN)C(=O)CN. The normalized spacial score (nSPS) is 12.4. The first-order valence-corrected chi connectivity index (χ1v) is 5.75. The first-order valence-electron chi connectivity index (χ1n) is 5.75. The van der Waals surface area contributed by atoms with Crippen LogP contribution in [0.4, 0.5) is 0 Å². The summed E-state index contributed by atoms with van der Waals surface area (Å²) in [5.74, 6) is -5.01. The van der Waals surface area contributed by atoms with Gasteiger partial charge in [0.1, 0.15) is 5.60 Å². The molecule has 0 bridgehead atoms. The fourth-order valence-electron chi connectivity index (χ4n) is 1.30. The number of hydrogen-bond acceptors (Lipinski definition) is 7. The minimum atomic E-state index is -2.11. The van der Waals surface area contributed by atoms with Gasteiger partial charge in [-0.3, -0.25) is 14.5 Å². The molecule has 5 N–H and O–H groups in total. The van der Waals surface area contributed by atoms with E-state index in [4.69, 9.17) is 21.3 Å². The molecule has 0 aliphatic heterocycles. The number of carboxylic acids is 1. The summed E-state index contributed by atoms with van der Waals surface area (Å²) in [5.41, 5.74) is 9.22. The van der Waals surface area contributed by atoms with Crippen LogP contribution in [0.25, 0.3) is 0 Å². The number of ether oxygens (including phenoxy) is 1. The minimum absolute atomic E-state index is 0.219. The fourth-order valence-corrected chi connectivity index (χ4v) is 1.30. The van der Waals surface area contributed by atoms with Crippen LogP contribution in [0.1, 0.15) is 20.8 Å². The van der Waals surface area contributed by atoms with Gasteiger partial charge in [0.05, 0.1) is 13.1 Å². The number of nitrogens with two attached hydrogens (primary N) is 2. The Labute approximate surface area is 115 Å². The summed E-state index contributed by atoms with van der Waals surface area (Å²) in [5, 5.41) is 9.07. The van der Waals surface area contributed by atoms with Crippen molar-refractivity contribution < 1.29 is 29.0 Å². The average Bonchev–Trinajstić information content (AvgIpc) is 2.30. The van der Waals surface area contributed by atoms with Gasteiger partial charge in [-0.1, -0.05) is 0 Å². The molecule has 0 aliphatic rings. The van der Waals surface area contributed by atoms with E-state index in [9.17, 15) is 19.2 Å². The molecule has 0 rings (SSSR count). The van der Waals surface area contributed by atoms with Crippen molar-refractivity contribution >= 4 is 23.8 Å². The van der Waals surface area contributed by atoms with Gasteiger partial charge >= 0.3 is 11.9 Å². The molecule has 9 heteroatoms. The molecule has 1 unspecified atom stereocenters. The maximum Gasteiger partial charge on any atom is 0.341 e. The second-order valence-electron chi connectivity index (χ2n) is 4.84. The van der Waals surface area contributed by atoms with Gasteiger partial charge in [0.25, 0.3) is 0 Å². The minimum Gasteiger partial charge on any atom is -0.479 e. The van der Waals surface area contributed by atoms with E-state index in [-0.39, 0.29) is 4.90 Å². The molecule has 0 saturated heterocycles. The molecule has 2 amide bonds. The van der Waals surface area contributed by atoms with Crippen LogP contribution in [0.15, 0.2) is 0 Å². The maximum absolute atomic E-state index is 11.9. The zero-order valence-electron chi connectivity index (χ0n) is 11.6. The number of carbonyl (C=O) groups is 4. The molecule has 114 valence electrons. The lowest BCUT2D eigenvalue weighted by atomic mass is 10.1. The molecule has 0 aromatic carbocycles. The number of carbonyl (C=O) groups excluding carboxylic acids is 3. The summed E-state index contributed by atoms with van der Waals surface area (Å²) >= 11 is 0. The van der Waals surface area contributed by atoms with Gasteiger partial charge in [0.15, 0.2) is 0 Å². The fraction of sp³-hybridized carbons (Fsp3) is 0.636. The van der Waals surface area contributed by atoms with E-state index >= 15 is 0 Å². The average molecular weight is 289 g/mol. The smallest absolute Gasteiger partial charge is 0.341 e. The van der Waals surface area contributed by atoms with Crippen molar-refractivity contribution in [2.75, 3.05) is 13.1 Å². The molecule has 0 saturated carbocycles. The number of esters is 1. The predicted octanol–water partition coefficient (Wildman–Crippen LogP) is -1.95. The molecule has 0 heterocycles. The Kier molecular flexibility index (Phi) is 6.27. The monoisotopic (exact) mass is 289 g/mol. The lowest BCUT2D eigenvalue weighted by Crippen LogP contribution is -2.57. The third kappa shape index (κ3) is 4.94. The summed E-state index contributed by atoms with van der Waals surface area (Å²) in [7, 11) is 0. The van der Waals surface area contributed by atoms with Gasteiger partial charge in [-0.15, -0.1) is 0 Å². The van der Waals surface area contributed by atoms with E-state index < -0.39 is 48.5 Å². The van der Waals surface area contributed by atoms with Crippen LogP contribution < -0.4 is 11.5 Å². The molecule has 0 fully saturated rings. The second kappa shape index (κ2) is 6.96. The molecule has 0 aromatic heterocycles. The number of rotatable bonds is 5. The highest BCUT2D eigenvalue weighted by molar-refractivity contribution is 6.09. The van der Waals surface area contributed by atoms with Crippen molar-refractivity contribution in [2.24, 2.45) is 11.5 Å². The summed E-state index contributed by atoms with van der Waals surface area (Å²) in [6.45, 7) is 3.27. The van der Waals surface area contributed by atoms with E-state index in [1.807, 2.05) is 0 Å². The Morgan fingerprint density at radius 1 is 1.10 bits per heavy atom. The van der Waals surface area contributed by atoms with Gasteiger partial charge < -0.3 is 21.3 Å². The highest BCUT2D eigenvalue weighted by atomic mass is 16.6. The van der Waals surface area contributed by atoms with Crippen molar-refractivity contribution in [2.45, 2.75) is 32.4 Å². The Morgan fingerprint density at radius 2 is 1.50 bits per heavy atom. The van der Waals surface area contributed by atoms with Crippen LogP contribution in [-0.4, -0.2) is 58.5 Å². The lowest BCUT2D eigenvalue weighted by molar-refractivity contribution is -0.175. The van der Waals surface area contributed by atoms with Crippen molar-refractivity contribution in [3.63, 3.8) is 0 Å². The summed E-state index contributed by atoms with van der Waals surface area (Å²) in [4.78, 5) is 46.4. The highest BCUT2D eigenvalue weighted by Crippen LogP contribution is 2.12. The van der Waals surface area contributed by atoms with E-state index in [2.05, 4.69) is 0 Å². The molecule has 1 atom stereocenters. The third-order valence-electron chi connectivity index (χ3n) is 2.01. The largest absolute Gasteiger partial charge is 0.479 e. The van der Waals surface area contributed by atoms with Gasteiger partial charge in [-0.2, -0.15) is 0 Å². The molecule has 0 radical (unpaired) electrons. The van der Waals surface area contributed by atoms with Gasteiger partial charge in [-0.25, -0.2) is 9.59 Å². The van der Waals surface area contributed by atoms with E-state index in [0.717, 1.165) is 0 Å². The van der Waals surface area contributed by atoms with Crippen LogP contribution in [0, 0.1) is 0 Å². The Hall–Kier alpha value is -2.00. The van der Waals surface area contributed by atoms with Crippen LogP contribution in [0.5, 0.6) is 0 Å². The van der Waals surface area contributed by atoms with E-state index in [1.165, 1.54) is 20.8 Å². The lowest BCUT2D eigenvalue weighted by Gasteiger charge is -2.28. The van der Waals surface area contributed by atoms with Crippen molar-refractivity contribution in [3.05, 3.63) is 0 Å². The Morgan fingerprint density at radius 3 is 1.75 bits per heavy atom. The standard InChI is InChI=1S/C11H19N3O6/c1-11(2,3)20-10(19)8(9(17)18)14(6(15)4-12)7(16)5-13/h8H,4-5,12-13H2,1-3H3,(H,17,18). The molecule has 0 aliphatic carbocycles. The molecule has 0 aromatic rings. The van der Waals surface area contributed by atoms with E-state index in [1.54, 1.807) is 0 Å². The third-order valence-corrected chi connectivity index (χ3v) is 2.01. The van der Waals surface area contributed by atoms with Crippen LogP contribution in [0.3, 0.4) is 0 Å². The zero-order chi connectivity index (χ0) is 16.1. The molecular formula is C11H19N3O6. The molecule has 9 nitrogen and oxygen atoms in total. The summed E-state index contributed by atoms with van der Waals surface area (Å²) in [6, 6.07) is -2.11. The predicted molar refractivity (Wildman–Crippen MR) is 67.2 cm³/mol. The van der Waals surface area contributed by atoms with Crippen LogP contribution in [0.2, 0.25) is 0 Å². The van der Waals surface area contributed by atoms with Gasteiger partial charge in [-0.05, 0) is 20.8 Å². The molecule has 20 heavy (non-hydrogen) atoms. The second-order valence-corrected chi connectivity index (χ2v) is 4.84. The highest BCUT2D eigenvalue weighted by Gasteiger charge is 2.41. The quantitative estimate of drug-likeness (QED) is 0.390. The van der Waals surface area contributed by atoms with Crippen LogP contribution in [-0.2, 0) is 23.9 Å². The van der Waals surface area contributed by atoms with Crippen LogP contribution >= 0.6 is 0 Å². The summed E-state index contributed by atoms with van der Waals surface area (Å²) in [6.07, 6.45) is 0. The number of amides is 2. The first kappa shape index (κ1) is 18.0. The number of nitrogens with zero attached hydrogens (tertiary/aromatic N) is 1. The first-order chi connectivity index (χ1) is 9.05. The zero-order valence-corrected chi connectivity index (χ0v) is 11.6. The van der Waals surface area contributed by atoms with Crippen molar-refractivity contribution in [1.82, 2.24) is 4.90 Å². The maximum atomic E-state index is 11.9. The Bertz CT molecular complexity index is 399. The van der Waals surface area contributed by atoms with Crippen molar-refractivity contribution in [3.8, 4) is 0 Å². The number of carboxylic acid groups (broad SMARTS) is 1. The Balaban J connectivity index is 5.50. The topological polar surface area (TPSA) is 153 Å². The van der Waals surface area contributed by atoms with Crippen molar-refractivity contribution in [1.29, 1.82) is 0 Å². The summed E-state index contributed by atoms with van der Waals surface area (Å²) < 4.78 is 4.88. The number of aliphatic carboxylic acids is 1. The van der Waals surface area contributed by atoms with E-state index in [0.29, 0.717) is 0 Å². The van der Waals surface area contributed by atoms with Gasteiger partial charge in [0, 0.05) is 0 Å². The number of hydrogen-bond donors (Lipinski definition) is 3. The van der Waals surface area contributed by atoms with Gasteiger partial charge in [0.2, 0.25) is 17.9 Å².